The summed E-state index contributed by atoms with van der Waals surface area (Å²) in [5.41, 5.74) is 4.58. The molecule has 1 fully saturated rings. The van der Waals surface area contributed by atoms with Crippen molar-refractivity contribution in [2.75, 3.05) is 26.2 Å². The molecule has 1 aromatic heterocycles. The Labute approximate surface area is 176 Å². The van der Waals surface area contributed by atoms with Crippen molar-refractivity contribution in [3.05, 3.63) is 51.0 Å². The molecule has 1 amide bonds. The predicted molar refractivity (Wildman–Crippen MR) is 115 cm³/mol. The lowest BCUT2D eigenvalue weighted by Gasteiger charge is -2.34. The molecule has 1 aliphatic carbocycles. The number of hydrogen-bond donors (Lipinski definition) is 0. The number of Topliss-reactive ketones (excluding diaryl/α,β-unsaturated/α-hetero) is 1. The van der Waals surface area contributed by atoms with Crippen molar-refractivity contribution in [1.82, 2.24) is 14.8 Å². The van der Waals surface area contributed by atoms with Crippen molar-refractivity contribution in [3.8, 4) is 0 Å². The van der Waals surface area contributed by atoms with Gasteiger partial charge in [0.2, 0.25) is 5.91 Å². The molecule has 1 aliphatic heterocycles. The molecule has 1 aromatic carbocycles. The molecular formula is C23H29N3O2S. The van der Waals surface area contributed by atoms with E-state index in [0.717, 1.165) is 63.2 Å². The van der Waals surface area contributed by atoms with E-state index in [4.69, 9.17) is 0 Å². The van der Waals surface area contributed by atoms with Crippen LogP contribution in [0.15, 0.2) is 23.6 Å². The highest BCUT2D eigenvalue weighted by Gasteiger charge is 2.22. The predicted octanol–water partition coefficient (Wildman–Crippen LogP) is 3.50. The van der Waals surface area contributed by atoms with Gasteiger partial charge in [0, 0.05) is 56.5 Å². The molecule has 2 aliphatic rings. The standard InChI is InChI=1S/C23H29N3O2S/c1-2-22-24-20(16-29-22)15-25-10-12-26(13-11-25)23(28)9-8-21(27)19-7-6-17-4-3-5-18(17)14-19/h6-7,14,16H,2-5,8-13,15H2,1H3. The number of nitrogens with zero attached hydrogens (tertiary/aromatic N) is 3. The van der Waals surface area contributed by atoms with E-state index >= 15 is 0 Å². The molecule has 4 rings (SSSR count). The van der Waals surface area contributed by atoms with Gasteiger partial charge < -0.3 is 4.90 Å². The van der Waals surface area contributed by atoms with Gasteiger partial charge in [-0.1, -0.05) is 19.1 Å². The minimum absolute atomic E-state index is 0.0851. The van der Waals surface area contributed by atoms with Crippen molar-refractivity contribution in [1.29, 1.82) is 0 Å². The van der Waals surface area contributed by atoms with Gasteiger partial charge in [0.1, 0.15) is 0 Å². The largest absolute Gasteiger partial charge is 0.340 e. The number of carbonyl (C=O) groups is 2. The molecule has 154 valence electrons. The number of hydrogen-bond acceptors (Lipinski definition) is 5. The van der Waals surface area contributed by atoms with Gasteiger partial charge in [-0.25, -0.2) is 4.98 Å². The molecule has 0 radical (unpaired) electrons. The third-order valence-corrected chi connectivity index (χ3v) is 7.04. The number of piperazine rings is 1. The van der Waals surface area contributed by atoms with Crippen LogP contribution in [0.4, 0.5) is 0 Å². The number of carbonyl (C=O) groups excluding carboxylic acids is 2. The molecule has 2 heterocycles. The summed E-state index contributed by atoms with van der Waals surface area (Å²) in [4.78, 5) is 34.0. The summed E-state index contributed by atoms with van der Waals surface area (Å²) in [6.45, 7) is 6.18. The van der Waals surface area contributed by atoms with E-state index in [1.54, 1.807) is 11.3 Å². The van der Waals surface area contributed by atoms with E-state index in [2.05, 4.69) is 28.3 Å². The summed E-state index contributed by atoms with van der Waals surface area (Å²) in [6.07, 6.45) is 4.96. The number of benzene rings is 1. The van der Waals surface area contributed by atoms with E-state index in [-0.39, 0.29) is 11.7 Å². The maximum absolute atomic E-state index is 12.6. The number of thiazole rings is 1. The summed E-state index contributed by atoms with van der Waals surface area (Å²) >= 11 is 1.72. The monoisotopic (exact) mass is 411 g/mol. The highest BCUT2D eigenvalue weighted by atomic mass is 32.1. The Morgan fingerprint density at radius 2 is 1.86 bits per heavy atom. The van der Waals surface area contributed by atoms with Gasteiger partial charge >= 0.3 is 0 Å². The second kappa shape index (κ2) is 9.18. The Bertz CT molecular complexity index is 884. The van der Waals surface area contributed by atoms with Gasteiger partial charge in [-0.15, -0.1) is 11.3 Å². The zero-order valence-electron chi connectivity index (χ0n) is 17.2. The van der Waals surface area contributed by atoms with E-state index < -0.39 is 0 Å². The van der Waals surface area contributed by atoms with Crippen molar-refractivity contribution in [2.24, 2.45) is 0 Å². The average Bonchev–Trinajstić information content (AvgIpc) is 3.40. The molecule has 0 N–H and O–H groups in total. The normalized spacial score (nSPS) is 16.8. The van der Waals surface area contributed by atoms with Crippen molar-refractivity contribution in [3.63, 3.8) is 0 Å². The zero-order valence-corrected chi connectivity index (χ0v) is 18.0. The van der Waals surface area contributed by atoms with E-state index in [9.17, 15) is 9.59 Å². The summed E-state index contributed by atoms with van der Waals surface area (Å²) in [6, 6.07) is 6.05. The fourth-order valence-corrected chi connectivity index (χ4v) is 4.97. The molecule has 6 heteroatoms. The van der Waals surface area contributed by atoms with Crippen LogP contribution in [0.2, 0.25) is 0 Å². The first kappa shape index (κ1) is 20.2. The molecule has 0 atom stereocenters. The van der Waals surface area contributed by atoms with Crippen LogP contribution in [0, 0.1) is 0 Å². The first-order chi connectivity index (χ1) is 14.1. The molecule has 2 aromatic rings. The first-order valence-electron chi connectivity index (χ1n) is 10.7. The van der Waals surface area contributed by atoms with Crippen molar-refractivity contribution in [2.45, 2.75) is 52.0 Å². The Morgan fingerprint density at radius 1 is 1.07 bits per heavy atom. The molecular weight excluding hydrogens is 382 g/mol. The van der Waals surface area contributed by atoms with Gasteiger partial charge in [-0.3, -0.25) is 14.5 Å². The van der Waals surface area contributed by atoms with Crippen LogP contribution in [-0.4, -0.2) is 52.7 Å². The summed E-state index contributed by atoms with van der Waals surface area (Å²) < 4.78 is 0. The van der Waals surface area contributed by atoms with Gasteiger partial charge in [0.25, 0.3) is 0 Å². The third kappa shape index (κ3) is 4.93. The Balaban J connectivity index is 1.22. The van der Waals surface area contributed by atoms with Crippen LogP contribution in [0.5, 0.6) is 0 Å². The highest BCUT2D eigenvalue weighted by molar-refractivity contribution is 7.09. The van der Waals surface area contributed by atoms with Gasteiger partial charge in [-0.05, 0) is 42.9 Å². The lowest BCUT2D eigenvalue weighted by molar-refractivity contribution is -0.133. The molecule has 1 saturated heterocycles. The second-order valence-corrected chi connectivity index (χ2v) is 8.95. The van der Waals surface area contributed by atoms with Crippen LogP contribution in [0.3, 0.4) is 0 Å². The maximum Gasteiger partial charge on any atom is 0.223 e. The third-order valence-electron chi connectivity index (χ3n) is 6.00. The number of fused-ring (bicyclic) bond motifs is 1. The topological polar surface area (TPSA) is 53.5 Å². The van der Waals surface area contributed by atoms with Crippen LogP contribution >= 0.6 is 11.3 Å². The van der Waals surface area contributed by atoms with Gasteiger partial charge in [0.05, 0.1) is 10.7 Å². The molecule has 0 bridgehead atoms. The minimum atomic E-state index is 0.0851. The van der Waals surface area contributed by atoms with Gasteiger partial charge in [-0.2, -0.15) is 0 Å². The lowest BCUT2D eigenvalue weighted by atomic mass is 10.0. The van der Waals surface area contributed by atoms with Crippen LogP contribution in [0.1, 0.15) is 58.4 Å². The fraction of sp³-hybridized carbons (Fsp3) is 0.522. The Hall–Kier alpha value is -2.05. The van der Waals surface area contributed by atoms with E-state index in [1.165, 1.54) is 22.6 Å². The minimum Gasteiger partial charge on any atom is -0.340 e. The number of amides is 1. The summed E-state index contributed by atoms with van der Waals surface area (Å²) in [5.74, 6) is 0.183. The van der Waals surface area contributed by atoms with Gasteiger partial charge in [0.15, 0.2) is 5.78 Å². The van der Waals surface area contributed by atoms with E-state index in [1.807, 2.05) is 17.0 Å². The number of aryl methyl sites for hydroxylation is 3. The maximum atomic E-state index is 12.6. The van der Waals surface area contributed by atoms with Crippen LogP contribution < -0.4 is 0 Å². The highest BCUT2D eigenvalue weighted by Crippen LogP contribution is 2.23. The first-order valence-corrected chi connectivity index (χ1v) is 11.6. The molecule has 29 heavy (non-hydrogen) atoms. The second-order valence-electron chi connectivity index (χ2n) is 8.00. The molecule has 0 spiro atoms. The molecule has 0 unspecified atom stereocenters. The quantitative estimate of drug-likeness (QED) is 0.655. The SMILES string of the molecule is CCc1nc(CN2CCN(C(=O)CCC(=O)c3ccc4c(c3)CCC4)CC2)cs1. The fourth-order valence-electron chi connectivity index (χ4n) is 4.24. The number of rotatable bonds is 7. The van der Waals surface area contributed by atoms with Crippen LogP contribution in [0.25, 0.3) is 0 Å². The number of ketones is 1. The number of aromatic nitrogens is 1. The summed E-state index contributed by atoms with van der Waals surface area (Å²) in [5, 5.41) is 3.32. The molecule has 0 saturated carbocycles. The average molecular weight is 412 g/mol. The van der Waals surface area contributed by atoms with E-state index in [0.29, 0.717) is 12.8 Å². The summed E-state index contributed by atoms with van der Waals surface area (Å²) in [7, 11) is 0. The van der Waals surface area contributed by atoms with Crippen molar-refractivity contribution < 1.29 is 9.59 Å². The molecule has 5 nitrogen and oxygen atoms in total. The smallest absolute Gasteiger partial charge is 0.223 e. The lowest BCUT2D eigenvalue weighted by Crippen LogP contribution is -2.48. The van der Waals surface area contributed by atoms with Crippen LogP contribution in [-0.2, 0) is 30.6 Å². The Kier molecular flexibility index (Phi) is 6.40. The Morgan fingerprint density at radius 3 is 2.62 bits per heavy atom. The van der Waals surface area contributed by atoms with Crippen molar-refractivity contribution >= 4 is 23.0 Å². The zero-order chi connectivity index (χ0) is 20.2.